The van der Waals surface area contributed by atoms with Crippen LogP contribution in [0.2, 0.25) is 0 Å². The summed E-state index contributed by atoms with van der Waals surface area (Å²) in [5, 5.41) is 14.2. The van der Waals surface area contributed by atoms with Crippen molar-refractivity contribution in [2.24, 2.45) is 17.3 Å². The smallest absolute Gasteiger partial charge is 0.370 e. The third kappa shape index (κ3) is 6.13. The molecule has 14 heteroatoms. The Morgan fingerprint density at radius 1 is 1.12 bits per heavy atom. The summed E-state index contributed by atoms with van der Waals surface area (Å²) >= 11 is 0. The lowest BCUT2D eigenvalue weighted by molar-refractivity contribution is -0.177. The number of hydrogen-bond acceptors (Lipinski definition) is 6. The first-order chi connectivity index (χ1) is 19.8. The van der Waals surface area contributed by atoms with Gasteiger partial charge in [0.25, 0.3) is 0 Å². The van der Waals surface area contributed by atoms with E-state index in [9.17, 15) is 41.6 Å². The van der Waals surface area contributed by atoms with Gasteiger partial charge in [0.15, 0.2) is 11.6 Å². The Kier molecular flexibility index (Phi) is 8.21. The van der Waals surface area contributed by atoms with E-state index in [-0.39, 0.29) is 28.8 Å². The number of ether oxygens (including phenoxy) is 1. The minimum absolute atomic E-state index is 0.0206. The number of nitrogens with zero attached hydrogens (tertiary/aromatic N) is 3. The predicted molar refractivity (Wildman–Crippen MR) is 143 cm³/mol. The van der Waals surface area contributed by atoms with E-state index in [0.717, 1.165) is 17.2 Å². The zero-order valence-electron chi connectivity index (χ0n) is 24.3. The number of nitrogens with one attached hydrogen (secondary N) is 2. The highest BCUT2D eigenvalue weighted by atomic mass is 19.4. The second-order valence-electron chi connectivity index (χ2n) is 12.5. The van der Waals surface area contributed by atoms with Gasteiger partial charge in [0.2, 0.25) is 11.8 Å². The van der Waals surface area contributed by atoms with Crippen LogP contribution in [0.1, 0.15) is 53.1 Å². The summed E-state index contributed by atoms with van der Waals surface area (Å²) in [6.07, 6.45) is -4.18. The van der Waals surface area contributed by atoms with Crippen LogP contribution in [0.15, 0.2) is 24.5 Å². The molecule has 1 unspecified atom stereocenters. The number of amides is 3. The number of piperidine rings is 1. The minimum atomic E-state index is -5.28. The Morgan fingerprint density at radius 2 is 1.77 bits per heavy atom. The van der Waals surface area contributed by atoms with Crippen LogP contribution in [0.3, 0.4) is 0 Å². The maximum atomic E-state index is 14.4. The van der Waals surface area contributed by atoms with Gasteiger partial charge in [-0.1, -0.05) is 19.9 Å². The number of alkyl halides is 3. The quantitative estimate of drug-likeness (QED) is 0.459. The first-order valence-electron chi connectivity index (χ1n) is 13.6. The summed E-state index contributed by atoms with van der Waals surface area (Å²) in [6.45, 7) is 10.0. The van der Waals surface area contributed by atoms with Crippen LogP contribution < -0.4 is 10.6 Å². The van der Waals surface area contributed by atoms with Crippen molar-refractivity contribution in [3.63, 3.8) is 0 Å². The highest BCUT2D eigenvalue weighted by molar-refractivity contribution is 5.95. The van der Waals surface area contributed by atoms with Crippen molar-refractivity contribution in [3.05, 3.63) is 41.7 Å². The fraction of sp³-hybridized carbons (Fsp3) is 0.552. The van der Waals surface area contributed by atoms with Gasteiger partial charge in [-0.3, -0.25) is 19.4 Å². The third-order valence-electron chi connectivity index (χ3n) is 8.17. The number of benzene rings is 1. The van der Waals surface area contributed by atoms with Crippen LogP contribution in [-0.2, 0) is 19.1 Å². The van der Waals surface area contributed by atoms with Crippen LogP contribution in [0.5, 0.6) is 0 Å². The molecule has 6 atom stereocenters. The molecule has 0 radical (unpaired) electrons. The normalized spacial score (nSPS) is 23.1. The second-order valence-corrected chi connectivity index (χ2v) is 12.5. The fourth-order valence-electron chi connectivity index (χ4n) is 6.06. The van der Waals surface area contributed by atoms with Crippen molar-refractivity contribution in [2.75, 3.05) is 6.54 Å². The SMILES string of the molecule is C[C@@H](OC(C)(C)C)[C@H](NC(=O)C(F)(F)F)C(=O)N1C[C@H]2[C@@H]([C@H]1C(=O)NC(C#N)c1cncc3c(F)c(F)ccc13)C2(C)C. The number of rotatable bonds is 7. The molecule has 2 heterocycles. The molecular weight excluding hydrogens is 577 g/mol. The summed E-state index contributed by atoms with van der Waals surface area (Å²) in [6, 6.07) is -0.343. The molecule has 2 N–H and O–H groups in total. The monoisotopic (exact) mass is 609 g/mol. The average Bonchev–Trinajstić information content (AvgIpc) is 3.21. The highest BCUT2D eigenvalue weighted by Gasteiger charge is 2.69. The predicted octanol–water partition coefficient (Wildman–Crippen LogP) is 3.93. The zero-order valence-corrected chi connectivity index (χ0v) is 24.3. The molecule has 1 aromatic heterocycles. The topological polar surface area (TPSA) is 124 Å². The molecule has 1 saturated heterocycles. The van der Waals surface area contributed by atoms with Gasteiger partial charge in [0.05, 0.1) is 17.8 Å². The van der Waals surface area contributed by atoms with Crippen molar-refractivity contribution < 1.29 is 41.1 Å². The lowest BCUT2D eigenvalue weighted by Crippen LogP contribution is -2.61. The molecule has 1 aliphatic heterocycles. The summed E-state index contributed by atoms with van der Waals surface area (Å²) in [4.78, 5) is 44.5. The third-order valence-corrected chi connectivity index (χ3v) is 8.17. The molecule has 9 nitrogen and oxygen atoms in total. The van der Waals surface area contributed by atoms with Crippen molar-refractivity contribution >= 4 is 28.5 Å². The molecule has 1 saturated carbocycles. The number of nitriles is 1. The number of carbonyl (C=O) groups excluding carboxylic acids is 3. The van der Waals surface area contributed by atoms with Gasteiger partial charge in [0, 0.05) is 29.9 Å². The second kappa shape index (κ2) is 11.0. The van der Waals surface area contributed by atoms with Crippen molar-refractivity contribution in [1.29, 1.82) is 5.26 Å². The van der Waals surface area contributed by atoms with Crippen LogP contribution in [0, 0.1) is 40.2 Å². The van der Waals surface area contributed by atoms with E-state index >= 15 is 0 Å². The standard InChI is InChI=1S/C29H32F5N5O4/c1-13(43-27(2,3)4)22(38-26(42)29(32,33)34)25(41)39-12-17-20(28(17,5)6)23(39)24(40)37-19(9-35)15-10-36-11-16-14(15)7-8-18(30)21(16)31/h7-8,10-11,13,17,19-20,22-23H,12H2,1-6H3,(H,37,40)(H,38,42)/t13-,17+,19?,20+,22+,23+/m1/s1. The van der Waals surface area contributed by atoms with E-state index < -0.39 is 76.7 Å². The fourth-order valence-corrected chi connectivity index (χ4v) is 6.06. The lowest BCUT2D eigenvalue weighted by Gasteiger charge is -2.36. The molecular formula is C29H32F5N5O4. The van der Waals surface area contributed by atoms with Gasteiger partial charge >= 0.3 is 12.1 Å². The summed E-state index contributed by atoms with van der Waals surface area (Å²) in [5.41, 5.74) is -1.21. The van der Waals surface area contributed by atoms with Gasteiger partial charge in [-0.2, -0.15) is 18.4 Å². The molecule has 3 amide bonds. The lowest BCUT2D eigenvalue weighted by atomic mass is 9.97. The number of carbonyl (C=O) groups is 3. The molecule has 232 valence electrons. The molecule has 4 rings (SSSR count). The summed E-state index contributed by atoms with van der Waals surface area (Å²) in [7, 11) is 0. The van der Waals surface area contributed by atoms with Crippen molar-refractivity contribution in [1.82, 2.24) is 20.5 Å². The molecule has 2 fully saturated rings. The number of fused-ring (bicyclic) bond motifs is 2. The zero-order chi connectivity index (χ0) is 32.2. The first-order valence-corrected chi connectivity index (χ1v) is 13.6. The number of halogens is 5. The summed E-state index contributed by atoms with van der Waals surface area (Å²) < 4.78 is 73.6. The van der Waals surface area contributed by atoms with Gasteiger partial charge in [0.1, 0.15) is 18.1 Å². The van der Waals surface area contributed by atoms with E-state index in [1.165, 1.54) is 19.2 Å². The highest BCUT2D eigenvalue weighted by Crippen LogP contribution is 2.65. The Bertz CT molecular complexity index is 1500. The number of likely N-dealkylation sites (tertiary alicyclic amines) is 1. The largest absolute Gasteiger partial charge is 0.471 e. The van der Waals surface area contributed by atoms with E-state index in [1.54, 1.807) is 26.1 Å². The number of hydrogen-bond donors (Lipinski definition) is 2. The molecule has 2 aromatic rings. The minimum Gasteiger partial charge on any atom is -0.370 e. The van der Waals surface area contributed by atoms with Crippen LogP contribution in [0.25, 0.3) is 10.8 Å². The maximum absolute atomic E-state index is 14.4. The molecule has 2 aliphatic rings. The molecule has 43 heavy (non-hydrogen) atoms. The average molecular weight is 610 g/mol. The van der Waals surface area contributed by atoms with Crippen LogP contribution in [-0.4, -0.2) is 64.1 Å². The van der Waals surface area contributed by atoms with Crippen molar-refractivity contribution in [3.8, 4) is 6.07 Å². The number of pyridine rings is 1. The maximum Gasteiger partial charge on any atom is 0.471 e. The van der Waals surface area contributed by atoms with E-state index in [2.05, 4.69) is 10.3 Å². The molecule has 1 aliphatic carbocycles. The Labute approximate surface area is 244 Å². The van der Waals surface area contributed by atoms with E-state index in [4.69, 9.17) is 4.74 Å². The van der Waals surface area contributed by atoms with Gasteiger partial charge < -0.3 is 20.3 Å². The molecule has 0 spiro atoms. The van der Waals surface area contributed by atoms with Gasteiger partial charge in [-0.25, -0.2) is 8.78 Å². The van der Waals surface area contributed by atoms with E-state index in [0.29, 0.717) is 0 Å². The summed E-state index contributed by atoms with van der Waals surface area (Å²) in [5.74, 6) is -6.94. The first kappa shape index (κ1) is 32.1. The Morgan fingerprint density at radius 3 is 2.35 bits per heavy atom. The van der Waals surface area contributed by atoms with Gasteiger partial charge in [-0.05, 0) is 56.4 Å². The molecule has 0 bridgehead atoms. The van der Waals surface area contributed by atoms with Crippen LogP contribution >= 0.6 is 0 Å². The number of aromatic nitrogens is 1. The van der Waals surface area contributed by atoms with Crippen LogP contribution in [0.4, 0.5) is 22.0 Å². The van der Waals surface area contributed by atoms with Crippen molar-refractivity contribution in [2.45, 2.75) is 77.5 Å². The Balaban J connectivity index is 1.66. The molecule has 1 aromatic carbocycles. The Hall–Kier alpha value is -3.86. The van der Waals surface area contributed by atoms with E-state index in [1.807, 2.05) is 19.9 Å². The van der Waals surface area contributed by atoms with Gasteiger partial charge in [-0.15, -0.1) is 0 Å².